The molecule has 216 valence electrons. The van der Waals surface area contributed by atoms with Gasteiger partial charge in [0.25, 0.3) is 0 Å². The molecular formula is C33H37N2O5S-. The molecule has 0 spiro atoms. The molecule has 0 aliphatic heterocycles. The third kappa shape index (κ3) is 8.15. The monoisotopic (exact) mass is 573 g/mol. The summed E-state index contributed by atoms with van der Waals surface area (Å²) >= 11 is -2.08. The molecule has 0 saturated carbocycles. The van der Waals surface area contributed by atoms with Gasteiger partial charge in [-0.15, -0.1) is 0 Å². The van der Waals surface area contributed by atoms with Crippen molar-refractivity contribution in [3.05, 3.63) is 84.1 Å². The highest BCUT2D eigenvalue weighted by Gasteiger charge is 2.25. The molecule has 4 aromatic rings. The zero-order valence-corrected chi connectivity index (χ0v) is 25.1. The first kappa shape index (κ1) is 30.2. The minimum Gasteiger partial charge on any atom is -0.772 e. The molecule has 8 heteroatoms. The molecule has 7 nitrogen and oxygen atoms in total. The van der Waals surface area contributed by atoms with E-state index in [1.54, 1.807) is 18.2 Å². The summed E-state index contributed by atoms with van der Waals surface area (Å²) in [5, 5.41) is 1.73. The number of aromatic nitrogens is 1. The second kappa shape index (κ2) is 13.3. The quantitative estimate of drug-likeness (QED) is 0.144. The van der Waals surface area contributed by atoms with E-state index < -0.39 is 11.1 Å². The van der Waals surface area contributed by atoms with Crippen molar-refractivity contribution >= 4 is 33.6 Å². The summed E-state index contributed by atoms with van der Waals surface area (Å²) in [6.07, 6.45) is 2.49. The zero-order valence-electron chi connectivity index (χ0n) is 24.3. The first-order valence-corrected chi connectivity index (χ1v) is 14.9. The third-order valence-corrected chi connectivity index (χ3v) is 7.32. The van der Waals surface area contributed by atoms with Gasteiger partial charge >= 0.3 is 0 Å². The lowest BCUT2D eigenvalue weighted by Gasteiger charge is -2.27. The normalized spacial score (nSPS) is 12.2. The Labute approximate surface area is 244 Å². The van der Waals surface area contributed by atoms with E-state index in [1.807, 2.05) is 43.3 Å². The van der Waals surface area contributed by atoms with Crippen molar-refractivity contribution in [2.75, 3.05) is 24.4 Å². The van der Waals surface area contributed by atoms with Gasteiger partial charge < -0.3 is 14.0 Å². The van der Waals surface area contributed by atoms with Crippen LogP contribution in [0.2, 0.25) is 0 Å². The predicted molar refractivity (Wildman–Crippen MR) is 164 cm³/mol. The van der Waals surface area contributed by atoms with Crippen molar-refractivity contribution in [2.45, 2.75) is 47.1 Å². The number of methoxy groups -OCH3 is 1. The van der Waals surface area contributed by atoms with E-state index in [4.69, 9.17) is 9.47 Å². The Morgan fingerprint density at radius 3 is 2.39 bits per heavy atom. The second-order valence-electron chi connectivity index (χ2n) is 11.3. The van der Waals surface area contributed by atoms with Gasteiger partial charge in [0.05, 0.1) is 20.3 Å². The van der Waals surface area contributed by atoms with Crippen LogP contribution in [0.15, 0.2) is 72.9 Å². The number of nitrogens with zero attached hydrogens (tertiary/aromatic N) is 2. The standard InChI is InChI=1S/C33H38N2O5S/c1-23-19-26(11-14-30(23)39-5)25-9-7-24(8-10-25)22-35(31(36)21-33(2,3)4)32-29-13-12-28(20-27(29)15-16-34-32)40-17-6-18-41(37)38/h7-16,19-20H,6,17-18,21-22H2,1-5H3,(H,37,38)/p-1. The maximum Gasteiger partial charge on any atom is 0.229 e. The van der Waals surface area contributed by atoms with Crippen molar-refractivity contribution in [3.63, 3.8) is 0 Å². The Morgan fingerprint density at radius 1 is 1.00 bits per heavy atom. The molecule has 1 heterocycles. The van der Waals surface area contributed by atoms with Crippen LogP contribution in [0.25, 0.3) is 21.9 Å². The Hall–Kier alpha value is -3.75. The van der Waals surface area contributed by atoms with Gasteiger partial charge in [0.2, 0.25) is 5.91 Å². The van der Waals surface area contributed by atoms with Crippen LogP contribution >= 0.6 is 0 Å². The molecule has 0 fully saturated rings. The summed E-state index contributed by atoms with van der Waals surface area (Å²) in [6, 6.07) is 21.9. The highest BCUT2D eigenvalue weighted by Crippen LogP contribution is 2.32. The minimum atomic E-state index is -2.08. The van der Waals surface area contributed by atoms with Crippen molar-refractivity contribution in [2.24, 2.45) is 5.41 Å². The van der Waals surface area contributed by atoms with Crippen molar-refractivity contribution in [1.29, 1.82) is 0 Å². The summed E-state index contributed by atoms with van der Waals surface area (Å²) in [5.74, 6) is 2.16. The van der Waals surface area contributed by atoms with Crippen molar-refractivity contribution in [1.82, 2.24) is 4.98 Å². The molecule has 0 aliphatic rings. The number of hydrogen-bond donors (Lipinski definition) is 0. The van der Waals surface area contributed by atoms with Crippen LogP contribution in [-0.4, -0.2) is 39.1 Å². The number of anilines is 1. The van der Waals surface area contributed by atoms with E-state index in [1.165, 1.54) is 0 Å². The average Bonchev–Trinajstić information content (AvgIpc) is 2.93. The SMILES string of the molecule is COc1ccc(-c2ccc(CN(C(=O)CC(C)(C)C)c3nccc4cc(OCCCS(=O)[O-])ccc34)cc2)cc1C. The molecule has 3 aromatic carbocycles. The maximum absolute atomic E-state index is 13.7. The van der Waals surface area contributed by atoms with Crippen LogP contribution in [0.1, 0.15) is 44.7 Å². The van der Waals surface area contributed by atoms with Gasteiger partial charge in [0.1, 0.15) is 17.3 Å². The molecule has 0 saturated heterocycles. The maximum atomic E-state index is 13.7. The van der Waals surface area contributed by atoms with Gasteiger partial charge in [0.15, 0.2) is 0 Å². The zero-order chi connectivity index (χ0) is 29.6. The number of carbonyl (C=O) groups is 1. The molecule has 0 N–H and O–H groups in total. The van der Waals surface area contributed by atoms with Gasteiger partial charge in [-0.1, -0.05) is 62.2 Å². The van der Waals surface area contributed by atoms with Gasteiger partial charge in [-0.3, -0.25) is 13.9 Å². The number of pyridine rings is 1. The smallest absolute Gasteiger partial charge is 0.229 e. The molecule has 1 unspecified atom stereocenters. The predicted octanol–water partition coefficient (Wildman–Crippen LogP) is 6.84. The highest BCUT2D eigenvalue weighted by atomic mass is 32.2. The van der Waals surface area contributed by atoms with Gasteiger partial charge in [-0.2, -0.15) is 0 Å². The van der Waals surface area contributed by atoms with Gasteiger partial charge in [-0.05, 0) is 82.8 Å². The number of ether oxygens (including phenoxy) is 2. The number of rotatable bonds is 11. The first-order valence-electron chi connectivity index (χ1n) is 13.7. The third-order valence-electron chi connectivity index (χ3n) is 6.70. The van der Waals surface area contributed by atoms with E-state index in [0.29, 0.717) is 37.6 Å². The van der Waals surface area contributed by atoms with E-state index in [0.717, 1.165) is 38.8 Å². The van der Waals surface area contributed by atoms with Crippen LogP contribution in [0.4, 0.5) is 5.82 Å². The lowest BCUT2D eigenvalue weighted by Crippen LogP contribution is -2.34. The topological polar surface area (TPSA) is 91.8 Å². The molecule has 1 aromatic heterocycles. The molecule has 41 heavy (non-hydrogen) atoms. The summed E-state index contributed by atoms with van der Waals surface area (Å²) in [7, 11) is 1.67. The Morgan fingerprint density at radius 2 is 1.73 bits per heavy atom. The van der Waals surface area contributed by atoms with E-state index >= 15 is 0 Å². The molecule has 0 bridgehead atoms. The molecule has 0 aliphatic carbocycles. The molecule has 4 rings (SSSR count). The summed E-state index contributed by atoms with van der Waals surface area (Å²) in [6.45, 7) is 8.87. The Bertz CT molecular complexity index is 1530. The fourth-order valence-corrected chi connectivity index (χ4v) is 5.04. The minimum absolute atomic E-state index is 0.00158. The van der Waals surface area contributed by atoms with Crippen molar-refractivity contribution in [3.8, 4) is 22.6 Å². The van der Waals surface area contributed by atoms with E-state index in [9.17, 15) is 13.6 Å². The fourth-order valence-electron chi connectivity index (χ4n) is 4.69. The lowest BCUT2D eigenvalue weighted by molar-refractivity contribution is -0.120. The number of amides is 1. The van der Waals surface area contributed by atoms with Crippen LogP contribution in [0.3, 0.4) is 0 Å². The summed E-state index contributed by atoms with van der Waals surface area (Å²) in [5.41, 5.74) is 4.07. The fraction of sp³-hybridized carbons (Fsp3) is 0.333. The number of fused-ring (bicyclic) bond motifs is 1. The largest absolute Gasteiger partial charge is 0.772 e. The van der Waals surface area contributed by atoms with E-state index in [2.05, 4.69) is 56.1 Å². The Kier molecular flexibility index (Phi) is 9.78. The first-order chi connectivity index (χ1) is 19.5. The van der Waals surface area contributed by atoms with Crippen LogP contribution < -0.4 is 14.4 Å². The molecule has 0 radical (unpaired) electrons. The number of benzene rings is 3. The van der Waals surface area contributed by atoms with Gasteiger partial charge in [-0.25, -0.2) is 4.98 Å². The number of hydrogen-bond acceptors (Lipinski definition) is 6. The molecule has 1 atom stereocenters. The average molecular weight is 574 g/mol. The Balaban J connectivity index is 1.62. The summed E-state index contributed by atoms with van der Waals surface area (Å²) < 4.78 is 32.7. The van der Waals surface area contributed by atoms with Crippen molar-refractivity contribution < 1.29 is 23.0 Å². The lowest BCUT2D eigenvalue weighted by atomic mass is 9.91. The highest BCUT2D eigenvalue weighted by molar-refractivity contribution is 7.79. The van der Waals surface area contributed by atoms with Crippen LogP contribution in [0, 0.1) is 12.3 Å². The second-order valence-corrected chi connectivity index (χ2v) is 12.3. The molecular weight excluding hydrogens is 536 g/mol. The van der Waals surface area contributed by atoms with Gasteiger partial charge in [0, 0.05) is 23.8 Å². The van der Waals surface area contributed by atoms with E-state index in [-0.39, 0.29) is 17.1 Å². The molecule has 1 amide bonds. The number of carbonyl (C=O) groups excluding carboxylic acids is 1. The van der Waals surface area contributed by atoms with Crippen LogP contribution in [0.5, 0.6) is 11.5 Å². The summed E-state index contributed by atoms with van der Waals surface area (Å²) in [4.78, 5) is 20.1. The van der Waals surface area contributed by atoms with Crippen LogP contribution in [-0.2, 0) is 22.4 Å². The number of aryl methyl sites for hydroxylation is 1.